The average Bonchev–Trinajstić information content (AvgIpc) is 3.46. The molecule has 1 N–H and O–H groups in total. The predicted molar refractivity (Wildman–Crippen MR) is 225 cm³/mol. The van der Waals surface area contributed by atoms with E-state index in [9.17, 15) is 9.90 Å². The Morgan fingerprint density at radius 2 is 1.21 bits per heavy atom. The van der Waals surface area contributed by atoms with E-state index in [4.69, 9.17) is 4.74 Å². The standard InChI is InChI=1S/C50H88O3/c1-10-11-12-13-14-15-16-17-18-19-20-21-22-23-24-25-38(51)36-44(52)53-43-27-26-41-40(46(43,4)5)30-33-50(9)48(41,7)32-29-42-45-39(37(2)3)28-31-47(45,6)34-35-49(42,50)8/h38-43,45,51H,2,10-36H2,1,3-9H3/t38?,39?,40?,41?,42?,43-,45?,47+,48-,49+,50+/m0/s1. The molecule has 0 amide bonds. The van der Waals surface area contributed by atoms with Crippen molar-refractivity contribution < 1.29 is 14.6 Å². The average molecular weight is 737 g/mol. The van der Waals surface area contributed by atoms with Crippen molar-refractivity contribution >= 4 is 5.97 Å². The highest BCUT2D eigenvalue weighted by Crippen LogP contribution is 2.78. The molecule has 53 heavy (non-hydrogen) atoms. The topological polar surface area (TPSA) is 46.5 Å². The van der Waals surface area contributed by atoms with Gasteiger partial charge in [-0.2, -0.15) is 0 Å². The Labute approximate surface area is 329 Å². The first-order valence-electron chi connectivity index (χ1n) is 23.7. The van der Waals surface area contributed by atoms with Crippen LogP contribution in [0.4, 0.5) is 0 Å². The molecule has 3 heteroatoms. The number of esters is 1. The lowest BCUT2D eigenvalue weighted by Crippen LogP contribution is -2.67. The van der Waals surface area contributed by atoms with Crippen LogP contribution in [0.15, 0.2) is 12.2 Å². The van der Waals surface area contributed by atoms with Gasteiger partial charge in [-0.05, 0) is 129 Å². The third-order valence-electron chi connectivity index (χ3n) is 18.5. The fourth-order valence-corrected chi connectivity index (χ4v) is 14.7. The van der Waals surface area contributed by atoms with Crippen molar-refractivity contribution in [3.05, 3.63) is 12.2 Å². The maximum Gasteiger partial charge on any atom is 0.308 e. The van der Waals surface area contributed by atoms with E-state index in [-0.39, 0.29) is 23.9 Å². The minimum atomic E-state index is -0.573. The molecule has 0 aromatic carbocycles. The summed E-state index contributed by atoms with van der Waals surface area (Å²) < 4.78 is 6.34. The second-order valence-electron chi connectivity index (χ2n) is 21.7. The molecule has 5 fully saturated rings. The molecule has 5 aliphatic carbocycles. The second kappa shape index (κ2) is 18.2. The van der Waals surface area contributed by atoms with E-state index in [2.05, 4.69) is 62.0 Å². The molecule has 3 nitrogen and oxygen atoms in total. The third-order valence-corrected chi connectivity index (χ3v) is 18.5. The van der Waals surface area contributed by atoms with Crippen molar-refractivity contribution in [3.8, 4) is 0 Å². The van der Waals surface area contributed by atoms with E-state index in [0.29, 0.717) is 39.4 Å². The molecule has 0 heterocycles. The van der Waals surface area contributed by atoms with Crippen LogP contribution in [0.3, 0.4) is 0 Å². The van der Waals surface area contributed by atoms with Crippen LogP contribution in [-0.2, 0) is 9.53 Å². The summed E-state index contributed by atoms with van der Waals surface area (Å²) in [4.78, 5) is 13.3. The summed E-state index contributed by atoms with van der Waals surface area (Å²) in [5.41, 5.74) is 2.94. The van der Waals surface area contributed by atoms with E-state index < -0.39 is 6.10 Å². The molecule has 0 saturated heterocycles. The molecular weight excluding hydrogens is 649 g/mol. The molecule has 306 valence electrons. The first-order valence-corrected chi connectivity index (χ1v) is 23.7. The highest BCUT2D eigenvalue weighted by molar-refractivity contribution is 5.70. The summed E-state index contributed by atoms with van der Waals surface area (Å²) >= 11 is 0. The van der Waals surface area contributed by atoms with E-state index in [1.807, 2.05) is 0 Å². The molecule has 0 bridgehead atoms. The molecule has 5 rings (SSSR count). The Kier molecular flexibility index (Phi) is 14.9. The Bertz CT molecular complexity index is 1190. The van der Waals surface area contributed by atoms with Crippen LogP contribution >= 0.6 is 0 Å². The minimum Gasteiger partial charge on any atom is -0.462 e. The number of rotatable bonds is 20. The lowest BCUT2D eigenvalue weighted by atomic mass is 9.31. The minimum absolute atomic E-state index is 0.0402. The zero-order valence-electron chi connectivity index (χ0n) is 36.6. The summed E-state index contributed by atoms with van der Waals surface area (Å²) in [6.07, 6.45) is 33.4. The number of carbonyl (C=O) groups is 1. The van der Waals surface area contributed by atoms with E-state index in [1.54, 1.807) is 0 Å². The second-order valence-corrected chi connectivity index (χ2v) is 21.7. The first-order chi connectivity index (χ1) is 25.1. The molecule has 0 aliphatic heterocycles. The van der Waals surface area contributed by atoms with E-state index in [1.165, 1.54) is 147 Å². The molecule has 0 radical (unpaired) electrons. The normalized spacial score (nSPS) is 39.3. The highest BCUT2D eigenvalue weighted by Gasteiger charge is 2.71. The number of aliphatic hydroxyl groups is 1. The molecule has 11 atom stereocenters. The van der Waals surface area contributed by atoms with Crippen molar-refractivity contribution in [1.82, 2.24) is 0 Å². The van der Waals surface area contributed by atoms with Crippen molar-refractivity contribution in [2.45, 2.75) is 241 Å². The van der Waals surface area contributed by atoms with Crippen LogP contribution in [0.2, 0.25) is 0 Å². The molecule has 0 aromatic heterocycles. The summed E-state index contributed by atoms with van der Waals surface area (Å²) in [6.45, 7) is 24.8. The van der Waals surface area contributed by atoms with Gasteiger partial charge >= 0.3 is 5.97 Å². The van der Waals surface area contributed by atoms with Gasteiger partial charge in [0.25, 0.3) is 0 Å². The summed E-state index contributed by atoms with van der Waals surface area (Å²) in [6, 6.07) is 0. The van der Waals surface area contributed by atoms with Crippen LogP contribution in [-0.4, -0.2) is 23.3 Å². The van der Waals surface area contributed by atoms with Gasteiger partial charge in [-0.3, -0.25) is 4.79 Å². The number of carbonyl (C=O) groups excluding carboxylic acids is 1. The molecule has 6 unspecified atom stereocenters. The van der Waals surface area contributed by atoms with Crippen molar-refractivity contribution in [1.29, 1.82) is 0 Å². The van der Waals surface area contributed by atoms with E-state index >= 15 is 0 Å². The molecular formula is C50H88O3. The van der Waals surface area contributed by atoms with Crippen molar-refractivity contribution in [2.24, 2.45) is 56.7 Å². The fraction of sp³-hybridized carbons (Fsp3) is 0.940. The number of aliphatic hydroxyl groups excluding tert-OH is 1. The van der Waals surface area contributed by atoms with Gasteiger partial charge in [0.1, 0.15) is 6.10 Å². The first kappa shape index (κ1) is 43.3. The van der Waals surface area contributed by atoms with Crippen LogP contribution in [0, 0.1) is 56.7 Å². The lowest BCUT2D eigenvalue weighted by molar-refractivity contribution is -0.259. The van der Waals surface area contributed by atoms with Gasteiger partial charge < -0.3 is 9.84 Å². The van der Waals surface area contributed by atoms with Gasteiger partial charge in [0.15, 0.2) is 0 Å². The zero-order valence-corrected chi connectivity index (χ0v) is 36.6. The van der Waals surface area contributed by atoms with Gasteiger partial charge in [0.2, 0.25) is 0 Å². The molecule has 5 saturated carbocycles. The summed E-state index contributed by atoms with van der Waals surface area (Å²) in [5.74, 6) is 3.42. The fourth-order valence-electron chi connectivity index (χ4n) is 14.7. The molecule has 0 spiro atoms. The van der Waals surface area contributed by atoms with Crippen molar-refractivity contribution in [3.63, 3.8) is 0 Å². The Morgan fingerprint density at radius 1 is 0.660 bits per heavy atom. The number of hydrogen-bond donors (Lipinski definition) is 1. The van der Waals surface area contributed by atoms with Gasteiger partial charge in [0.05, 0.1) is 12.5 Å². The van der Waals surface area contributed by atoms with Crippen LogP contribution in [0.1, 0.15) is 229 Å². The smallest absolute Gasteiger partial charge is 0.308 e. The van der Waals surface area contributed by atoms with E-state index in [0.717, 1.165) is 37.5 Å². The lowest BCUT2D eigenvalue weighted by Gasteiger charge is -2.74. The third kappa shape index (κ3) is 8.86. The number of fused-ring (bicyclic) bond motifs is 7. The van der Waals surface area contributed by atoms with Crippen LogP contribution in [0.25, 0.3) is 0 Å². The van der Waals surface area contributed by atoms with Crippen LogP contribution in [0.5, 0.6) is 0 Å². The van der Waals surface area contributed by atoms with Gasteiger partial charge in [-0.25, -0.2) is 0 Å². The monoisotopic (exact) mass is 737 g/mol. The quantitative estimate of drug-likeness (QED) is 0.0769. The van der Waals surface area contributed by atoms with Gasteiger partial charge in [-0.1, -0.05) is 157 Å². The number of hydrogen-bond acceptors (Lipinski definition) is 3. The Balaban J connectivity index is 1.04. The molecule has 5 aliphatic rings. The Morgan fingerprint density at radius 3 is 1.79 bits per heavy atom. The summed E-state index contributed by atoms with van der Waals surface area (Å²) in [5, 5.41) is 10.8. The highest BCUT2D eigenvalue weighted by atomic mass is 16.5. The maximum atomic E-state index is 13.3. The van der Waals surface area contributed by atoms with Crippen LogP contribution < -0.4 is 0 Å². The summed E-state index contributed by atoms with van der Waals surface area (Å²) in [7, 11) is 0. The Hall–Kier alpha value is -0.830. The maximum absolute atomic E-state index is 13.3. The van der Waals surface area contributed by atoms with Crippen molar-refractivity contribution in [2.75, 3.05) is 0 Å². The zero-order chi connectivity index (χ0) is 38.5. The SMILES string of the molecule is C=C(C)C1CC[C@]2(C)CC[C@]3(C)C(CC[C@@]4(C)C5CC[C@H](OC(=O)CC(O)CCCCCCCCCCCCCCCCC)C(C)(C)C5CC[C@]43C)C12. The number of unbranched alkanes of at least 4 members (excludes halogenated alkanes) is 14. The van der Waals surface area contributed by atoms with Gasteiger partial charge in [0, 0.05) is 5.41 Å². The molecule has 0 aromatic rings. The largest absolute Gasteiger partial charge is 0.462 e. The predicted octanol–water partition coefficient (Wildman–Crippen LogP) is 14.6. The number of allylic oxidation sites excluding steroid dienone is 1. The van der Waals surface area contributed by atoms with Gasteiger partial charge in [-0.15, -0.1) is 0 Å². The number of ether oxygens (including phenoxy) is 1.